The maximum atomic E-state index is 11.5. The molecule has 1 rings (SSSR count). The zero-order chi connectivity index (χ0) is 12.8. The fourth-order valence-corrected chi connectivity index (χ4v) is 1.80. The molecule has 0 bridgehead atoms. The summed E-state index contributed by atoms with van der Waals surface area (Å²) in [4.78, 5) is 11.5. The first kappa shape index (κ1) is 13.7. The summed E-state index contributed by atoms with van der Waals surface area (Å²) < 4.78 is 0. The third-order valence-electron chi connectivity index (χ3n) is 2.67. The van der Waals surface area contributed by atoms with Crippen LogP contribution in [0.2, 0.25) is 0 Å². The fourth-order valence-electron chi connectivity index (χ4n) is 1.80. The number of aryl methyl sites for hydroxylation is 1. The van der Waals surface area contributed by atoms with Crippen LogP contribution in [0.5, 0.6) is 0 Å². The summed E-state index contributed by atoms with van der Waals surface area (Å²) in [6.45, 7) is 8.44. The zero-order valence-electron chi connectivity index (χ0n) is 11.1. The van der Waals surface area contributed by atoms with Crippen molar-refractivity contribution in [3.8, 4) is 0 Å². The summed E-state index contributed by atoms with van der Waals surface area (Å²) in [5.41, 5.74) is 2.49. The molecule has 0 heterocycles. The van der Waals surface area contributed by atoms with Gasteiger partial charge in [0.05, 0.1) is 6.54 Å². The second-order valence-electron chi connectivity index (χ2n) is 4.68. The molecule has 3 heteroatoms. The molecule has 0 fully saturated rings. The van der Waals surface area contributed by atoms with Crippen LogP contribution in [0.15, 0.2) is 24.3 Å². The number of hydrogen-bond donors (Lipinski definition) is 2. The van der Waals surface area contributed by atoms with Gasteiger partial charge in [0, 0.05) is 12.1 Å². The number of hydrogen-bond acceptors (Lipinski definition) is 2. The van der Waals surface area contributed by atoms with Gasteiger partial charge in [0.25, 0.3) is 0 Å². The highest BCUT2D eigenvalue weighted by Crippen LogP contribution is 2.15. The van der Waals surface area contributed by atoms with Crippen molar-refractivity contribution in [1.82, 2.24) is 10.6 Å². The fraction of sp³-hybridized carbons (Fsp3) is 0.500. The van der Waals surface area contributed by atoms with Crippen LogP contribution in [0.25, 0.3) is 0 Å². The van der Waals surface area contributed by atoms with Crippen molar-refractivity contribution < 1.29 is 4.79 Å². The van der Waals surface area contributed by atoms with Crippen molar-refractivity contribution in [3.05, 3.63) is 35.4 Å². The third-order valence-corrected chi connectivity index (χ3v) is 2.67. The van der Waals surface area contributed by atoms with E-state index in [1.165, 1.54) is 11.1 Å². The molecule has 0 aliphatic carbocycles. The third kappa shape index (κ3) is 4.57. The summed E-state index contributed by atoms with van der Waals surface area (Å²) in [6.07, 6.45) is 0. The zero-order valence-corrected chi connectivity index (χ0v) is 11.1. The van der Waals surface area contributed by atoms with Gasteiger partial charge in [-0.2, -0.15) is 0 Å². The van der Waals surface area contributed by atoms with E-state index >= 15 is 0 Å². The molecule has 1 amide bonds. The minimum Gasteiger partial charge on any atom is -0.353 e. The van der Waals surface area contributed by atoms with Gasteiger partial charge in [0.1, 0.15) is 0 Å². The summed E-state index contributed by atoms with van der Waals surface area (Å²) >= 11 is 0. The van der Waals surface area contributed by atoms with Gasteiger partial charge in [-0.15, -0.1) is 0 Å². The molecule has 0 spiro atoms. The highest BCUT2D eigenvalue weighted by molar-refractivity contribution is 5.78. The molecular weight excluding hydrogens is 212 g/mol. The van der Waals surface area contributed by atoms with Gasteiger partial charge in [-0.25, -0.2) is 0 Å². The van der Waals surface area contributed by atoms with Gasteiger partial charge < -0.3 is 10.6 Å². The predicted octanol–water partition coefficient (Wildman–Crippen LogP) is 2.17. The van der Waals surface area contributed by atoms with E-state index in [-0.39, 0.29) is 18.0 Å². The van der Waals surface area contributed by atoms with Crippen LogP contribution in [0.3, 0.4) is 0 Å². The van der Waals surface area contributed by atoms with E-state index in [1.54, 1.807) is 0 Å². The predicted molar refractivity (Wildman–Crippen MR) is 70.9 cm³/mol. The number of nitrogens with one attached hydrogen (secondary N) is 2. The van der Waals surface area contributed by atoms with Crippen LogP contribution < -0.4 is 10.6 Å². The Morgan fingerprint density at radius 3 is 2.47 bits per heavy atom. The number of amides is 1. The lowest BCUT2D eigenvalue weighted by atomic mass is 10.0. The van der Waals surface area contributed by atoms with Crippen LogP contribution in [0.4, 0.5) is 0 Å². The topological polar surface area (TPSA) is 41.1 Å². The summed E-state index contributed by atoms with van der Waals surface area (Å²) in [5, 5.41) is 6.10. The maximum absolute atomic E-state index is 11.5. The van der Waals surface area contributed by atoms with Crippen molar-refractivity contribution >= 4 is 5.91 Å². The Kier molecular flexibility index (Phi) is 5.16. The molecule has 0 aromatic heterocycles. The molecule has 1 aromatic carbocycles. The molecule has 0 aliphatic heterocycles. The molecule has 17 heavy (non-hydrogen) atoms. The summed E-state index contributed by atoms with van der Waals surface area (Å²) in [7, 11) is 0. The Balaban J connectivity index is 2.48. The molecule has 1 atom stereocenters. The van der Waals surface area contributed by atoms with E-state index in [0.717, 1.165) is 0 Å². The van der Waals surface area contributed by atoms with Crippen LogP contribution in [-0.2, 0) is 4.79 Å². The summed E-state index contributed by atoms with van der Waals surface area (Å²) in [5.74, 6) is 0.0421. The smallest absolute Gasteiger partial charge is 0.234 e. The summed E-state index contributed by atoms with van der Waals surface area (Å²) in [6, 6.07) is 8.60. The van der Waals surface area contributed by atoms with E-state index in [9.17, 15) is 4.79 Å². The van der Waals surface area contributed by atoms with Gasteiger partial charge in [-0.05, 0) is 38.8 Å². The first-order valence-corrected chi connectivity index (χ1v) is 6.09. The minimum atomic E-state index is 0.0421. The van der Waals surface area contributed by atoms with Crippen LogP contribution in [0.1, 0.15) is 37.9 Å². The van der Waals surface area contributed by atoms with Gasteiger partial charge in [0.15, 0.2) is 0 Å². The van der Waals surface area contributed by atoms with E-state index in [2.05, 4.69) is 36.6 Å². The van der Waals surface area contributed by atoms with Crippen LogP contribution in [0, 0.1) is 6.92 Å². The van der Waals surface area contributed by atoms with Crippen molar-refractivity contribution in [3.63, 3.8) is 0 Å². The lowest BCUT2D eigenvalue weighted by Crippen LogP contribution is -2.38. The van der Waals surface area contributed by atoms with Gasteiger partial charge in [0.2, 0.25) is 5.91 Å². The molecule has 0 saturated heterocycles. The van der Waals surface area contributed by atoms with Gasteiger partial charge in [-0.3, -0.25) is 4.79 Å². The molecule has 0 aliphatic rings. The lowest BCUT2D eigenvalue weighted by Gasteiger charge is -2.17. The molecule has 2 N–H and O–H groups in total. The van der Waals surface area contributed by atoms with Crippen molar-refractivity contribution in [2.45, 2.75) is 39.8 Å². The van der Waals surface area contributed by atoms with Crippen molar-refractivity contribution in [2.24, 2.45) is 0 Å². The van der Waals surface area contributed by atoms with E-state index in [0.29, 0.717) is 6.54 Å². The quantitative estimate of drug-likeness (QED) is 0.820. The molecule has 1 unspecified atom stereocenters. The minimum absolute atomic E-state index is 0.0421. The average Bonchev–Trinajstić information content (AvgIpc) is 2.25. The Bertz CT molecular complexity index is 374. The normalized spacial score (nSPS) is 12.5. The lowest BCUT2D eigenvalue weighted by molar-refractivity contribution is -0.120. The van der Waals surface area contributed by atoms with Gasteiger partial charge >= 0.3 is 0 Å². The Hall–Kier alpha value is -1.35. The Morgan fingerprint density at radius 1 is 1.24 bits per heavy atom. The van der Waals surface area contributed by atoms with E-state index in [4.69, 9.17) is 0 Å². The highest BCUT2D eigenvalue weighted by atomic mass is 16.1. The van der Waals surface area contributed by atoms with Crippen molar-refractivity contribution in [1.29, 1.82) is 0 Å². The molecule has 3 nitrogen and oxygen atoms in total. The number of carbonyl (C=O) groups excluding carboxylic acids is 1. The SMILES string of the molecule is Cc1ccccc1C(C)NCC(=O)NC(C)C. The van der Waals surface area contributed by atoms with Gasteiger partial charge in [-0.1, -0.05) is 24.3 Å². The Labute approximate surface area is 104 Å². The molecule has 1 aromatic rings. The second kappa shape index (κ2) is 6.40. The first-order chi connectivity index (χ1) is 8.00. The first-order valence-electron chi connectivity index (χ1n) is 6.09. The number of benzene rings is 1. The molecule has 0 radical (unpaired) electrons. The monoisotopic (exact) mass is 234 g/mol. The van der Waals surface area contributed by atoms with Crippen LogP contribution >= 0.6 is 0 Å². The second-order valence-corrected chi connectivity index (χ2v) is 4.68. The van der Waals surface area contributed by atoms with Crippen molar-refractivity contribution in [2.75, 3.05) is 6.54 Å². The average molecular weight is 234 g/mol. The molecule has 94 valence electrons. The van der Waals surface area contributed by atoms with Crippen LogP contribution in [-0.4, -0.2) is 18.5 Å². The molecular formula is C14H22N2O. The number of carbonyl (C=O) groups is 1. The van der Waals surface area contributed by atoms with E-state index < -0.39 is 0 Å². The molecule has 0 saturated carbocycles. The largest absolute Gasteiger partial charge is 0.353 e. The van der Waals surface area contributed by atoms with E-state index in [1.807, 2.05) is 26.0 Å². The number of rotatable bonds is 5. The highest BCUT2D eigenvalue weighted by Gasteiger charge is 2.09. The standard InChI is InChI=1S/C14H22N2O/c1-10(2)16-14(17)9-15-12(4)13-8-6-5-7-11(13)3/h5-8,10,12,15H,9H2,1-4H3,(H,16,17). The Morgan fingerprint density at radius 2 is 1.88 bits per heavy atom. The maximum Gasteiger partial charge on any atom is 0.234 e.